The van der Waals surface area contributed by atoms with E-state index in [-0.39, 0.29) is 5.76 Å². The highest BCUT2D eigenvalue weighted by Gasteiger charge is 2.15. The number of carbonyl (C=O) groups excluding carboxylic acids is 1. The number of esters is 1. The van der Waals surface area contributed by atoms with E-state index in [4.69, 9.17) is 14.2 Å². The van der Waals surface area contributed by atoms with Crippen molar-refractivity contribution in [2.75, 3.05) is 20.8 Å². The van der Waals surface area contributed by atoms with Crippen molar-refractivity contribution in [1.29, 1.82) is 0 Å². The van der Waals surface area contributed by atoms with E-state index in [1.54, 1.807) is 23.0 Å². The Morgan fingerprint density at radius 2 is 2.08 bits per heavy atom. The number of aryl methyl sites for hydroxylation is 1. The topological polar surface area (TPSA) is 71.8 Å². The molecule has 0 atom stereocenters. The summed E-state index contributed by atoms with van der Waals surface area (Å²) in [6.07, 6.45) is 3.91. The van der Waals surface area contributed by atoms with Gasteiger partial charge < -0.3 is 18.9 Å². The smallest absolute Gasteiger partial charge is 0.377 e. The molecule has 0 amide bonds. The van der Waals surface area contributed by atoms with Gasteiger partial charge in [-0.05, 0) is 25.0 Å². The molecule has 0 unspecified atom stereocenters. The van der Waals surface area contributed by atoms with Crippen LogP contribution in [0.2, 0.25) is 0 Å². The first-order valence-electron chi connectivity index (χ1n) is 7.87. The number of carbonyl (C=O) groups is 1. The number of methoxy groups -OCH3 is 2. The third-order valence-corrected chi connectivity index (χ3v) is 3.29. The minimum absolute atomic E-state index is 0.0438. The molecule has 0 N–H and O–H groups in total. The van der Waals surface area contributed by atoms with Gasteiger partial charge in [-0.15, -0.1) is 5.10 Å². The van der Waals surface area contributed by atoms with E-state index in [1.165, 1.54) is 20.5 Å². The monoisotopic (exact) mass is 346 g/mol. The molecular formula is C18H22N2O5. The van der Waals surface area contributed by atoms with Crippen molar-refractivity contribution in [1.82, 2.24) is 9.78 Å². The standard InChI is InChI=1S/C18H22N2O5/c1-5-10-24-17-8-9-20(19-17)14-7-6-13(2)15(11-14)25-16(12-22-3)18(21)23-4/h6-9,11-12H,5,10H2,1-4H3/b16-12-. The van der Waals surface area contributed by atoms with Gasteiger partial charge in [0.15, 0.2) is 0 Å². The van der Waals surface area contributed by atoms with Crippen LogP contribution in [0, 0.1) is 6.92 Å². The van der Waals surface area contributed by atoms with E-state index in [2.05, 4.69) is 9.84 Å². The molecule has 7 heteroatoms. The lowest BCUT2D eigenvalue weighted by atomic mass is 10.2. The number of rotatable bonds is 8. The molecular weight excluding hydrogens is 324 g/mol. The lowest BCUT2D eigenvalue weighted by Gasteiger charge is -2.12. The lowest BCUT2D eigenvalue weighted by molar-refractivity contribution is -0.138. The second-order valence-corrected chi connectivity index (χ2v) is 5.21. The minimum Gasteiger partial charge on any atom is -0.500 e. The zero-order chi connectivity index (χ0) is 18.2. The number of hydrogen-bond acceptors (Lipinski definition) is 6. The Labute approximate surface area is 146 Å². The Balaban J connectivity index is 2.26. The number of ether oxygens (including phenoxy) is 4. The van der Waals surface area contributed by atoms with Crippen LogP contribution in [0.5, 0.6) is 11.6 Å². The fourth-order valence-electron chi connectivity index (χ4n) is 2.02. The molecule has 0 saturated heterocycles. The quantitative estimate of drug-likeness (QED) is 0.416. The maximum absolute atomic E-state index is 11.7. The highest BCUT2D eigenvalue weighted by molar-refractivity contribution is 5.86. The molecule has 0 aliphatic heterocycles. The molecule has 0 bridgehead atoms. The van der Waals surface area contributed by atoms with Crippen LogP contribution >= 0.6 is 0 Å². The Kier molecular flexibility index (Phi) is 6.45. The van der Waals surface area contributed by atoms with E-state index < -0.39 is 5.97 Å². The first kappa shape index (κ1) is 18.4. The lowest BCUT2D eigenvalue weighted by Crippen LogP contribution is -2.12. The fourth-order valence-corrected chi connectivity index (χ4v) is 2.02. The van der Waals surface area contributed by atoms with Gasteiger partial charge in [0.2, 0.25) is 11.6 Å². The van der Waals surface area contributed by atoms with Crippen molar-refractivity contribution >= 4 is 5.97 Å². The summed E-state index contributed by atoms with van der Waals surface area (Å²) in [6.45, 7) is 4.52. The number of nitrogens with zero attached hydrogens (tertiary/aromatic N) is 2. The number of aromatic nitrogens is 2. The van der Waals surface area contributed by atoms with Crippen molar-refractivity contribution in [2.24, 2.45) is 0 Å². The normalized spacial score (nSPS) is 11.1. The molecule has 2 rings (SSSR count). The molecule has 0 fully saturated rings. The van der Waals surface area contributed by atoms with Crippen LogP contribution in [0.1, 0.15) is 18.9 Å². The van der Waals surface area contributed by atoms with Crippen LogP contribution in [0.15, 0.2) is 42.5 Å². The molecule has 25 heavy (non-hydrogen) atoms. The third-order valence-electron chi connectivity index (χ3n) is 3.29. The second kappa shape index (κ2) is 8.77. The van der Waals surface area contributed by atoms with Gasteiger partial charge in [0, 0.05) is 18.3 Å². The van der Waals surface area contributed by atoms with E-state index in [1.807, 2.05) is 26.0 Å². The zero-order valence-electron chi connectivity index (χ0n) is 14.8. The molecule has 0 aliphatic rings. The van der Waals surface area contributed by atoms with E-state index >= 15 is 0 Å². The fraction of sp³-hybridized carbons (Fsp3) is 0.333. The first-order valence-corrected chi connectivity index (χ1v) is 7.87. The average molecular weight is 346 g/mol. The molecule has 1 aromatic heterocycles. The van der Waals surface area contributed by atoms with Gasteiger partial charge in [-0.3, -0.25) is 0 Å². The second-order valence-electron chi connectivity index (χ2n) is 5.21. The van der Waals surface area contributed by atoms with Crippen molar-refractivity contribution in [3.8, 4) is 17.3 Å². The van der Waals surface area contributed by atoms with Gasteiger partial charge >= 0.3 is 5.97 Å². The molecule has 1 heterocycles. The van der Waals surface area contributed by atoms with Crippen molar-refractivity contribution in [2.45, 2.75) is 20.3 Å². The largest absolute Gasteiger partial charge is 0.500 e. The molecule has 134 valence electrons. The SMILES string of the molecule is CCCOc1ccn(-c2ccc(C)c(O/C(=C\OC)C(=O)OC)c2)n1. The summed E-state index contributed by atoms with van der Waals surface area (Å²) in [5.41, 5.74) is 1.62. The predicted octanol–water partition coefficient (Wildman–Crippen LogP) is 3.01. The maximum atomic E-state index is 11.7. The van der Waals surface area contributed by atoms with Crippen LogP contribution in [-0.2, 0) is 14.3 Å². The molecule has 1 aromatic carbocycles. The van der Waals surface area contributed by atoms with Crippen LogP contribution < -0.4 is 9.47 Å². The van der Waals surface area contributed by atoms with Gasteiger partial charge in [0.05, 0.1) is 26.5 Å². The van der Waals surface area contributed by atoms with Gasteiger partial charge in [-0.1, -0.05) is 13.0 Å². The molecule has 0 spiro atoms. The zero-order valence-corrected chi connectivity index (χ0v) is 14.8. The maximum Gasteiger partial charge on any atom is 0.377 e. The molecule has 2 aromatic rings. The highest BCUT2D eigenvalue weighted by Crippen LogP contribution is 2.24. The summed E-state index contributed by atoms with van der Waals surface area (Å²) in [5.74, 6) is 0.385. The summed E-state index contributed by atoms with van der Waals surface area (Å²) in [4.78, 5) is 11.7. The Morgan fingerprint density at radius 3 is 2.76 bits per heavy atom. The van der Waals surface area contributed by atoms with Crippen LogP contribution in [0.3, 0.4) is 0 Å². The summed E-state index contributed by atoms with van der Waals surface area (Å²) < 4.78 is 22.4. The Hall–Kier alpha value is -2.96. The summed E-state index contributed by atoms with van der Waals surface area (Å²) >= 11 is 0. The van der Waals surface area contributed by atoms with Gasteiger partial charge in [-0.2, -0.15) is 0 Å². The van der Waals surface area contributed by atoms with Crippen molar-refractivity contribution in [3.05, 3.63) is 48.0 Å². The van der Waals surface area contributed by atoms with Crippen LogP contribution in [-0.4, -0.2) is 36.6 Å². The summed E-state index contributed by atoms with van der Waals surface area (Å²) in [7, 11) is 2.71. The van der Waals surface area contributed by atoms with Crippen molar-refractivity contribution in [3.63, 3.8) is 0 Å². The third kappa shape index (κ3) is 4.76. The Morgan fingerprint density at radius 1 is 1.28 bits per heavy atom. The van der Waals surface area contributed by atoms with Crippen LogP contribution in [0.25, 0.3) is 5.69 Å². The summed E-state index contributed by atoms with van der Waals surface area (Å²) in [5, 5.41) is 4.36. The van der Waals surface area contributed by atoms with Gasteiger partial charge in [0.25, 0.3) is 0 Å². The summed E-state index contributed by atoms with van der Waals surface area (Å²) in [6, 6.07) is 7.34. The average Bonchev–Trinajstić information content (AvgIpc) is 3.09. The predicted molar refractivity (Wildman–Crippen MR) is 91.8 cm³/mol. The number of benzene rings is 1. The van der Waals surface area contributed by atoms with E-state index in [9.17, 15) is 4.79 Å². The number of hydrogen-bond donors (Lipinski definition) is 0. The highest BCUT2D eigenvalue weighted by atomic mass is 16.6. The van der Waals surface area contributed by atoms with Gasteiger partial charge in [0.1, 0.15) is 12.0 Å². The minimum atomic E-state index is -0.624. The van der Waals surface area contributed by atoms with Gasteiger partial charge in [-0.25, -0.2) is 9.48 Å². The van der Waals surface area contributed by atoms with E-state index in [0.29, 0.717) is 18.2 Å². The van der Waals surface area contributed by atoms with Crippen LogP contribution in [0.4, 0.5) is 0 Å². The van der Waals surface area contributed by atoms with E-state index in [0.717, 1.165) is 17.7 Å². The first-order chi connectivity index (χ1) is 12.1. The van der Waals surface area contributed by atoms with Crippen molar-refractivity contribution < 1.29 is 23.7 Å². The molecule has 0 aliphatic carbocycles. The molecule has 7 nitrogen and oxygen atoms in total. The Bertz CT molecular complexity index is 752. The molecule has 0 saturated carbocycles. The molecule has 0 radical (unpaired) electrons.